The molecule has 1 fully saturated rings. The Balaban J connectivity index is 2.09. The molecule has 0 saturated carbocycles. The van der Waals surface area contributed by atoms with Crippen molar-refractivity contribution in [2.45, 2.75) is 45.7 Å². The van der Waals surface area contributed by atoms with Crippen molar-refractivity contribution in [1.29, 1.82) is 0 Å². The van der Waals surface area contributed by atoms with Crippen LogP contribution in [0.5, 0.6) is 0 Å². The summed E-state index contributed by atoms with van der Waals surface area (Å²) in [4.78, 5) is 3.99. The standard InChI is InChI=1S/C14H24N2S/c1-11(15)13(12-5-4-10-17-12)16-8-6-14(2,3)7-9-16/h4-5,10-11,13H,6-9,15H2,1-3H3. The maximum atomic E-state index is 6.19. The maximum Gasteiger partial charge on any atom is 0.0590 e. The molecule has 0 aromatic carbocycles. The smallest absolute Gasteiger partial charge is 0.0590 e. The second-order valence-corrected chi connectivity index (χ2v) is 7.00. The van der Waals surface area contributed by atoms with E-state index in [-0.39, 0.29) is 6.04 Å². The van der Waals surface area contributed by atoms with E-state index in [2.05, 4.69) is 43.2 Å². The third kappa shape index (κ3) is 3.09. The van der Waals surface area contributed by atoms with Crippen LogP contribution in [0.25, 0.3) is 0 Å². The lowest BCUT2D eigenvalue weighted by Crippen LogP contribution is -2.45. The molecule has 1 aromatic heterocycles. The van der Waals surface area contributed by atoms with Crippen molar-refractivity contribution in [1.82, 2.24) is 4.90 Å². The average Bonchev–Trinajstić information content (AvgIpc) is 2.74. The molecule has 17 heavy (non-hydrogen) atoms. The molecule has 0 radical (unpaired) electrons. The van der Waals surface area contributed by atoms with Crippen molar-refractivity contribution in [3.05, 3.63) is 22.4 Å². The van der Waals surface area contributed by atoms with Crippen molar-refractivity contribution < 1.29 is 0 Å². The molecule has 2 unspecified atom stereocenters. The van der Waals surface area contributed by atoms with E-state index in [1.807, 2.05) is 11.3 Å². The van der Waals surface area contributed by atoms with Gasteiger partial charge in [-0.3, -0.25) is 4.90 Å². The molecule has 0 bridgehead atoms. The molecule has 96 valence electrons. The molecule has 2 N–H and O–H groups in total. The van der Waals surface area contributed by atoms with Gasteiger partial charge in [0.05, 0.1) is 6.04 Å². The molecule has 0 aliphatic carbocycles. The monoisotopic (exact) mass is 252 g/mol. The van der Waals surface area contributed by atoms with Crippen LogP contribution in [0.3, 0.4) is 0 Å². The first-order chi connectivity index (χ1) is 7.99. The summed E-state index contributed by atoms with van der Waals surface area (Å²) in [6.45, 7) is 9.23. The third-order valence-electron chi connectivity index (χ3n) is 3.88. The summed E-state index contributed by atoms with van der Waals surface area (Å²) in [5.74, 6) is 0. The third-order valence-corrected chi connectivity index (χ3v) is 4.82. The van der Waals surface area contributed by atoms with Gasteiger partial charge in [0, 0.05) is 10.9 Å². The summed E-state index contributed by atoms with van der Waals surface area (Å²) in [6, 6.07) is 4.96. The lowest BCUT2D eigenvalue weighted by molar-refractivity contribution is 0.0857. The predicted octanol–water partition coefficient (Wildman–Crippen LogP) is 3.26. The Bertz CT molecular complexity index is 333. The van der Waals surface area contributed by atoms with Crippen LogP contribution in [0.4, 0.5) is 0 Å². The van der Waals surface area contributed by atoms with Crippen LogP contribution in [-0.2, 0) is 0 Å². The highest BCUT2D eigenvalue weighted by molar-refractivity contribution is 7.10. The summed E-state index contributed by atoms with van der Waals surface area (Å²) in [7, 11) is 0. The summed E-state index contributed by atoms with van der Waals surface area (Å²) >= 11 is 1.83. The zero-order valence-electron chi connectivity index (χ0n) is 11.1. The van der Waals surface area contributed by atoms with Gasteiger partial charge in [0.25, 0.3) is 0 Å². The minimum absolute atomic E-state index is 0.204. The van der Waals surface area contributed by atoms with Crippen LogP contribution >= 0.6 is 11.3 Å². The van der Waals surface area contributed by atoms with Crippen LogP contribution in [-0.4, -0.2) is 24.0 Å². The van der Waals surface area contributed by atoms with Gasteiger partial charge < -0.3 is 5.73 Å². The molecule has 1 aliphatic rings. The molecule has 1 saturated heterocycles. The van der Waals surface area contributed by atoms with E-state index in [0.29, 0.717) is 11.5 Å². The SMILES string of the molecule is CC(N)C(c1cccs1)N1CCC(C)(C)CC1. The average molecular weight is 252 g/mol. The fourth-order valence-corrected chi connectivity index (χ4v) is 3.61. The number of hydrogen-bond acceptors (Lipinski definition) is 3. The Labute approximate surface area is 109 Å². The number of likely N-dealkylation sites (tertiary alicyclic amines) is 1. The highest BCUT2D eigenvalue weighted by atomic mass is 32.1. The lowest BCUT2D eigenvalue weighted by atomic mass is 9.82. The molecule has 1 aliphatic heterocycles. The Morgan fingerprint density at radius 1 is 1.35 bits per heavy atom. The number of thiophene rings is 1. The topological polar surface area (TPSA) is 29.3 Å². The molecular weight excluding hydrogens is 228 g/mol. The molecule has 2 nitrogen and oxygen atoms in total. The van der Waals surface area contributed by atoms with Crippen LogP contribution in [0.1, 0.15) is 44.5 Å². The molecular formula is C14H24N2S. The van der Waals surface area contributed by atoms with E-state index < -0.39 is 0 Å². The van der Waals surface area contributed by atoms with E-state index in [1.165, 1.54) is 30.8 Å². The molecule has 0 amide bonds. The van der Waals surface area contributed by atoms with Gasteiger partial charge in [0.15, 0.2) is 0 Å². The van der Waals surface area contributed by atoms with Gasteiger partial charge in [-0.25, -0.2) is 0 Å². The zero-order chi connectivity index (χ0) is 12.5. The number of nitrogens with zero attached hydrogens (tertiary/aromatic N) is 1. The summed E-state index contributed by atoms with van der Waals surface area (Å²) in [6.07, 6.45) is 2.56. The van der Waals surface area contributed by atoms with E-state index in [4.69, 9.17) is 5.73 Å². The zero-order valence-corrected chi connectivity index (χ0v) is 12.0. The maximum absolute atomic E-state index is 6.19. The van der Waals surface area contributed by atoms with Crippen LogP contribution in [0, 0.1) is 5.41 Å². The normalized spacial score (nSPS) is 24.5. The Hall–Kier alpha value is -0.380. The highest BCUT2D eigenvalue weighted by Crippen LogP contribution is 2.35. The summed E-state index contributed by atoms with van der Waals surface area (Å²) < 4.78 is 0. The van der Waals surface area contributed by atoms with E-state index in [9.17, 15) is 0 Å². The van der Waals surface area contributed by atoms with Gasteiger partial charge >= 0.3 is 0 Å². The van der Waals surface area contributed by atoms with E-state index in [0.717, 1.165) is 0 Å². The highest BCUT2D eigenvalue weighted by Gasteiger charge is 2.31. The van der Waals surface area contributed by atoms with Crippen molar-refractivity contribution in [3.63, 3.8) is 0 Å². The molecule has 2 heterocycles. The Morgan fingerprint density at radius 3 is 2.47 bits per heavy atom. The van der Waals surface area contributed by atoms with Crippen LogP contribution in [0.2, 0.25) is 0 Å². The molecule has 2 rings (SSSR count). The Morgan fingerprint density at radius 2 is 2.00 bits per heavy atom. The van der Waals surface area contributed by atoms with E-state index >= 15 is 0 Å². The summed E-state index contributed by atoms with van der Waals surface area (Å²) in [5, 5.41) is 2.15. The van der Waals surface area contributed by atoms with Crippen LogP contribution in [0.15, 0.2) is 17.5 Å². The van der Waals surface area contributed by atoms with Gasteiger partial charge in [-0.2, -0.15) is 0 Å². The van der Waals surface area contributed by atoms with Gasteiger partial charge in [-0.1, -0.05) is 19.9 Å². The largest absolute Gasteiger partial charge is 0.326 e. The summed E-state index contributed by atoms with van der Waals surface area (Å²) in [5.41, 5.74) is 6.70. The number of hydrogen-bond donors (Lipinski definition) is 1. The van der Waals surface area contributed by atoms with Crippen LogP contribution < -0.4 is 5.73 Å². The first-order valence-corrected chi connectivity index (χ1v) is 7.41. The first kappa shape index (κ1) is 13.1. The van der Waals surface area contributed by atoms with Gasteiger partial charge in [0.2, 0.25) is 0 Å². The number of rotatable bonds is 3. The van der Waals surface area contributed by atoms with Gasteiger partial charge in [-0.05, 0) is 49.7 Å². The Kier molecular flexibility index (Phi) is 3.91. The second kappa shape index (κ2) is 5.09. The molecule has 1 aromatic rings. The fourth-order valence-electron chi connectivity index (χ4n) is 2.64. The fraction of sp³-hybridized carbons (Fsp3) is 0.714. The lowest BCUT2D eigenvalue weighted by Gasteiger charge is -2.42. The molecule has 2 atom stereocenters. The van der Waals surface area contributed by atoms with Crippen molar-refractivity contribution in [2.75, 3.05) is 13.1 Å². The minimum atomic E-state index is 0.204. The quantitative estimate of drug-likeness (QED) is 0.894. The predicted molar refractivity (Wildman–Crippen MR) is 75.3 cm³/mol. The van der Waals surface area contributed by atoms with Crippen molar-refractivity contribution in [3.8, 4) is 0 Å². The van der Waals surface area contributed by atoms with Gasteiger partial charge in [0.1, 0.15) is 0 Å². The molecule has 0 spiro atoms. The number of piperidine rings is 1. The second-order valence-electron chi connectivity index (χ2n) is 6.02. The molecule has 3 heteroatoms. The number of nitrogens with two attached hydrogens (primary N) is 1. The van der Waals surface area contributed by atoms with E-state index in [1.54, 1.807) is 0 Å². The van der Waals surface area contributed by atoms with Crippen molar-refractivity contribution >= 4 is 11.3 Å². The van der Waals surface area contributed by atoms with Gasteiger partial charge in [-0.15, -0.1) is 11.3 Å². The minimum Gasteiger partial charge on any atom is -0.326 e. The van der Waals surface area contributed by atoms with Crippen molar-refractivity contribution in [2.24, 2.45) is 11.1 Å². The first-order valence-electron chi connectivity index (χ1n) is 6.53.